The van der Waals surface area contributed by atoms with Gasteiger partial charge in [-0.3, -0.25) is 0 Å². The molecule has 0 fully saturated rings. The quantitative estimate of drug-likeness (QED) is 0.602. The maximum absolute atomic E-state index is 9.37. The molecule has 0 aliphatic rings. The molecule has 0 saturated heterocycles. The van der Waals surface area contributed by atoms with Crippen molar-refractivity contribution in [1.29, 1.82) is 0 Å². The molecule has 34 valence electrons. The second-order valence-electron chi connectivity index (χ2n) is 0.380. The van der Waals surface area contributed by atoms with Gasteiger partial charge in [-0.1, -0.05) is 0 Å². The summed E-state index contributed by atoms with van der Waals surface area (Å²) in [6, 6.07) is 0. The minimum atomic E-state index is -3.76. The van der Waals surface area contributed by atoms with Gasteiger partial charge < -0.3 is 0 Å². The summed E-state index contributed by atoms with van der Waals surface area (Å²) in [5, 5.41) is 0. The summed E-state index contributed by atoms with van der Waals surface area (Å²) in [5.74, 6) is 0. The topological polar surface area (TPSA) is 60.4 Å². The molecule has 0 amide bonds. The maximum atomic E-state index is 9.37. The first-order valence-corrected chi connectivity index (χ1v) is 6.12. The summed E-state index contributed by atoms with van der Waals surface area (Å²) in [6.07, 6.45) is 0. The van der Waals surface area contributed by atoms with Crippen LogP contribution in [-0.2, 0) is 10.3 Å². The van der Waals surface area contributed by atoms with Crippen molar-refractivity contribution in [3.8, 4) is 0 Å². The first-order valence-electron chi connectivity index (χ1n) is 0.913. The van der Waals surface area contributed by atoms with Crippen molar-refractivity contribution in [3.63, 3.8) is 0 Å². The van der Waals surface area contributed by atoms with E-state index in [1.807, 2.05) is 0 Å². The second-order valence-corrected chi connectivity index (χ2v) is 5.67. The molecule has 0 aliphatic carbocycles. The summed E-state index contributed by atoms with van der Waals surface area (Å²) in [7, 11) is 0. The van der Waals surface area contributed by atoms with Crippen LogP contribution >= 0.6 is 0 Å². The molecule has 0 rings (SSSR count). The molecular weight excluding hydrogens is 308 g/mol. The average molecular weight is 308 g/mol. The fraction of sp³-hybridized carbons (Fsp3) is 0. The molecule has 0 aromatic heterocycles. The van der Waals surface area contributed by atoms with E-state index in [9.17, 15) is 9.05 Å². The molecule has 0 heterocycles. The fourth-order valence-electron chi connectivity index (χ4n) is 0.0272. The van der Waals surface area contributed by atoms with E-state index in [4.69, 9.17) is 0 Å². The Kier molecular flexibility index (Phi) is 4.85. The van der Waals surface area contributed by atoms with E-state index in [2.05, 4.69) is 1.29 Å². The molecule has 0 N–H and O–H groups in total. The average Bonchev–Trinajstić information content (AvgIpc) is 1.35. The third-order valence-corrected chi connectivity index (χ3v) is 4.50. The Bertz CT molecular complexity index is 92.1. The molecule has 0 aromatic carbocycles. The standard InChI is InChI=1S/4O.2Sb. The van der Waals surface area contributed by atoms with Crippen LogP contribution in [0.15, 0.2) is 0 Å². The predicted molar refractivity (Wildman–Crippen MR) is 14.7 cm³/mol. The summed E-state index contributed by atoms with van der Waals surface area (Å²) in [6.45, 7) is 0. The molecule has 0 radical (unpaired) electrons. The zero-order chi connectivity index (χ0) is 4.99. The molecule has 0 aliphatic heterocycles. The van der Waals surface area contributed by atoms with Crippen LogP contribution in [0.1, 0.15) is 0 Å². The van der Waals surface area contributed by atoms with Crippen molar-refractivity contribution >= 4 is 42.6 Å². The SMILES string of the molecule is [O]=[Sb][O][Sb](=[O])=[O]. The van der Waals surface area contributed by atoms with E-state index in [0.717, 1.165) is 0 Å². The van der Waals surface area contributed by atoms with E-state index in [1.165, 1.54) is 0 Å². The normalized spacial score (nSPS) is 7.33. The molecule has 0 saturated carbocycles. The third-order valence-electron chi connectivity index (χ3n) is 0.100. The van der Waals surface area contributed by atoms with Crippen molar-refractivity contribution in [2.45, 2.75) is 0 Å². The van der Waals surface area contributed by atoms with E-state index < -0.39 is 42.6 Å². The van der Waals surface area contributed by atoms with Gasteiger partial charge in [-0.05, 0) is 0 Å². The molecule has 0 aromatic rings. The summed E-state index contributed by atoms with van der Waals surface area (Å²) >= 11 is -5.76. The van der Waals surface area contributed by atoms with Gasteiger partial charge in [-0.15, -0.1) is 0 Å². The fourth-order valence-corrected chi connectivity index (χ4v) is 1.22. The van der Waals surface area contributed by atoms with Crippen molar-refractivity contribution in [1.82, 2.24) is 0 Å². The molecule has 6 heteroatoms. The number of rotatable bonds is 2. The van der Waals surface area contributed by atoms with Crippen LogP contribution in [0.2, 0.25) is 0 Å². The van der Waals surface area contributed by atoms with Crippen molar-refractivity contribution < 1.29 is 10.3 Å². The summed E-state index contributed by atoms with van der Waals surface area (Å²) in [4.78, 5) is 0. The van der Waals surface area contributed by atoms with Crippen LogP contribution in [0.4, 0.5) is 0 Å². The van der Waals surface area contributed by atoms with Gasteiger partial charge in [0.15, 0.2) is 0 Å². The molecule has 0 unspecified atom stereocenters. The van der Waals surface area contributed by atoms with E-state index in [0.29, 0.717) is 0 Å². The Morgan fingerprint density at radius 1 is 1.50 bits per heavy atom. The predicted octanol–water partition coefficient (Wildman–Crippen LogP) is -1.19. The summed E-state index contributed by atoms with van der Waals surface area (Å²) < 4.78 is 31.8. The second kappa shape index (κ2) is 4.16. The van der Waals surface area contributed by atoms with E-state index >= 15 is 0 Å². The van der Waals surface area contributed by atoms with Crippen molar-refractivity contribution in [2.24, 2.45) is 0 Å². The molecule has 0 spiro atoms. The molecule has 4 nitrogen and oxygen atoms in total. The van der Waals surface area contributed by atoms with Crippen LogP contribution in [0.25, 0.3) is 0 Å². The van der Waals surface area contributed by atoms with Crippen LogP contribution in [0.5, 0.6) is 0 Å². The Morgan fingerprint density at radius 2 is 2.00 bits per heavy atom. The van der Waals surface area contributed by atoms with Crippen LogP contribution in [-0.4, -0.2) is 42.6 Å². The van der Waals surface area contributed by atoms with Gasteiger partial charge in [-0.25, -0.2) is 0 Å². The van der Waals surface area contributed by atoms with Gasteiger partial charge in [0.1, 0.15) is 0 Å². The van der Waals surface area contributed by atoms with Crippen molar-refractivity contribution in [2.75, 3.05) is 0 Å². The van der Waals surface area contributed by atoms with Crippen LogP contribution < -0.4 is 0 Å². The van der Waals surface area contributed by atoms with Gasteiger partial charge >= 0.3 is 53.0 Å². The minimum absolute atomic E-state index is 2.00. The monoisotopic (exact) mass is 306 g/mol. The molecule has 0 bridgehead atoms. The van der Waals surface area contributed by atoms with Gasteiger partial charge in [0.25, 0.3) is 0 Å². The first-order chi connectivity index (χ1) is 2.77. The van der Waals surface area contributed by atoms with Crippen molar-refractivity contribution in [3.05, 3.63) is 0 Å². The molecular formula is O4Sb2. The van der Waals surface area contributed by atoms with Gasteiger partial charge in [0, 0.05) is 0 Å². The number of hydrogen-bond acceptors (Lipinski definition) is 4. The zero-order valence-corrected chi connectivity index (χ0v) is 7.63. The van der Waals surface area contributed by atoms with Crippen LogP contribution in [0.3, 0.4) is 0 Å². The van der Waals surface area contributed by atoms with E-state index in [-0.39, 0.29) is 0 Å². The summed E-state index contributed by atoms with van der Waals surface area (Å²) in [5.41, 5.74) is 0. The Hall–Kier alpha value is 0.996. The molecule has 0 atom stereocenters. The zero-order valence-electron chi connectivity index (χ0n) is 2.53. The molecule has 6 heavy (non-hydrogen) atoms. The Balaban J connectivity index is 3.32. The third kappa shape index (κ3) is 5.00. The first kappa shape index (κ1) is 7.00. The Morgan fingerprint density at radius 3 is 2.00 bits per heavy atom. The Labute approximate surface area is 52.7 Å². The van der Waals surface area contributed by atoms with Gasteiger partial charge in [-0.2, -0.15) is 0 Å². The van der Waals surface area contributed by atoms with Gasteiger partial charge in [0.2, 0.25) is 0 Å². The van der Waals surface area contributed by atoms with Crippen LogP contribution in [0, 0.1) is 0 Å². The number of hydrogen-bond donors (Lipinski definition) is 0. The van der Waals surface area contributed by atoms with E-state index in [1.54, 1.807) is 0 Å². The van der Waals surface area contributed by atoms with Gasteiger partial charge in [0.05, 0.1) is 0 Å².